The van der Waals surface area contributed by atoms with E-state index in [1.807, 2.05) is 0 Å². The van der Waals surface area contributed by atoms with Crippen molar-refractivity contribution < 1.29 is 25.3 Å². The number of hydrogen-bond donors (Lipinski definition) is 2. The number of unbranched alkanes of at least 4 members (excludes halogenated alkanes) is 12. The van der Waals surface area contributed by atoms with E-state index in [0.717, 1.165) is 25.7 Å². The first-order valence-corrected chi connectivity index (χ1v) is 24.3. The minimum atomic E-state index is -0.670. The molecule has 0 saturated heterocycles. The zero-order valence-corrected chi connectivity index (χ0v) is 32.9. The van der Waals surface area contributed by atoms with Gasteiger partial charge in [-0.1, -0.05) is 65.2 Å². The van der Waals surface area contributed by atoms with Crippen molar-refractivity contribution in [2.75, 3.05) is 0 Å². The van der Waals surface area contributed by atoms with E-state index in [1.165, 1.54) is 89.9 Å². The normalized spacial score (nSPS) is 9.59. The van der Waals surface area contributed by atoms with Gasteiger partial charge in [-0.05, 0) is 12.8 Å². The number of aliphatic carboxylic acids is 2. The van der Waals surface area contributed by atoms with Gasteiger partial charge in [0.25, 0.3) is 0 Å². The molecule has 4 radical (unpaired) electrons. The van der Waals surface area contributed by atoms with Crippen LogP contribution in [0.15, 0.2) is 0 Å². The van der Waals surface area contributed by atoms with E-state index in [4.69, 9.17) is 10.2 Å². The van der Waals surface area contributed by atoms with Crippen molar-refractivity contribution in [3.63, 3.8) is 0 Å². The van der Waals surface area contributed by atoms with Crippen molar-refractivity contribution in [1.82, 2.24) is 0 Å². The van der Waals surface area contributed by atoms with Crippen LogP contribution < -0.4 is 0 Å². The summed E-state index contributed by atoms with van der Waals surface area (Å²) < 4.78 is 6.50. The standard InChI is InChI=1S/2C8H16O2.4C4H9.H2O.2Sn/c2*1-2-3-4-5-6-7-8(9)10;4*1-3-4-2;;;/h2*2-7H2,1H3,(H,9,10);4*1,3-4H2,2H3;1H2;;. The van der Waals surface area contributed by atoms with Crippen LogP contribution in [0.2, 0.25) is 17.7 Å². The van der Waals surface area contributed by atoms with Gasteiger partial charge in [-0.25, -0.2) is 0 Å². The SMILES string of the molecule is CCCCCCCC(=O)O.CCCCCCCC(=O)O.CCC[CH2][Sn][CH2]CCC.CCC[CH2][Sn][CH2]CCC.O. The molecular weight excluding hydrogens is 702 g/mol. The Labute approximate surface area is 265 Å². The minimum Gasteiger partial charge on any atom is -0.412 e. The van der Waals surface area contributed by atoms with Crippen molar-refractivity contribution >= 4 is 54.2 Å². The van der Waals surface area contributed by atoms with E-state index < -0.39 is 11.9 Å². The fourth-order valence-corrected chi connectivity index (χ4v) is 11.5. The first kappa shape index (κ1) is 49.2. The van der Waals surface area contributed by atoms with Gasteiger partial charge >= 0.3 is 151 Å². The second-order valence-electron chi connectivity index (χ2n) is 10.0. The van der Waals surface area contributed by atoms with Gasteiger partial charge in [-0.2, -0.15) is 0 Å². The van der Waals surface area contributed by atoms with Gasteiger partial charge in [0, 0.05) is 12.8 Å². The molecule has 0 amide bonds. The summed E-state index contributed by atoms with van der Waals surface area (Å²) >= 11 is 0.299. The van der Waals surface area contributed by atoms with Crippen molar-refractivity contribution in [2.24, 2.45) is 0 Å². The summed E-state index contributed by atoms with van der Waals surface area (Å²) in [5.41, 5.74) is 0. The summed E-state index contributed by atoms with van der Waals surface area (Å²) in [6, 6.07) is 0. The first-order valence-electron chi connectivity index (χ1n) is 16.2. The van der Waals surface area contributed by atoms with Gasteiger partial charge in [0.2, 0.25) is 0 Å². The van der Waals surface area contributed by atoms with Crippen LogP contribution in [-0.2, 0) is 9.59 Å². The average Bonchev–Trinajstić information content (AvgIpc) is 2.89. The average molecular weight is 772 g/mol. The molecule has 0 unspecified atom stereocenters. The second kappa shape index (κ2) is 51.3. The summed E-state index contributed by atoms with van der Waals surface area (Å²) in [4.78, 5) is 20.1. The maximum absolute atomic E-state index is 10.0. The number of carboxylic acids is 2. The van der Waals surface area contributed by atoms with Crippen LogP contribution >= 0.6 is 0 Å². The number of carbonyl (C=O) groups is 2. The largest absolute Gasteiger partial charge is 0.412 e. The van der Waals surface area contributed by atoms with Crippen molar-refractivity contribution in [1.29, 1.82) is 0 Å². The molecule has 0 bridgehead atoms. The molecule has 0 aromatic rings. The van der Waals surface area contributed by atoms with Crippen LogP contribution in [0.5, 0.6) is 0 Å². The van der Waals surface area contributed by atoms with E-state index in [2.05, 4.69) is 41.5 Å². The van der Waals surface area contributed by atoms with Crippen molar-refractivity contribution in [3.8, 4) is 0 Å². The third-order valence-corrected chi connectivity index (χ3v) is 13.9. The molecule has 0 aliphatic heterocycles. The fraction of sp³-hybridized carbons (Fsp3) is 0.938. The fourth-order valence-electron chi connectivity index (χ4n) is 3.22. The van der Waals surface area contributed by atoms with Gasteiger partial charge in [-0.15, -0.1) is 0 Å². The molecule has 0 rings (SSSR count). The van der Waals surface area contributed by atoms with Gasteiger partial charge < -0.3 is 15.7 Å². The Kier molecular flexibility index (Phi) is 64.6. The predicted molar refractivity (Wildman–Crippen MR) is 176 cm³/mol. The predicted octanol–water partition coefficient (Wildman–Crippen LogP) is 10.3. The molecular formula is C32H70O5Sn2. The van der Waals surface area contributed by atoms with E-state index in [9.17, 15) is 9.59 Å². The van der Waals surface area contributed by atoms with Gasteiger partial charge in [-0.3, -0.25) is 9.59 Å². The van der Waals surface area contributed by atoms with Gasteiger partial charge in [0.1, 0.15) is 0 Å². The molecule has 0 spiro atoms. The monoisotopic (exact) mass is 774 g/mol. The number of hydrogen-bond acceptors (Lipinski definition) is 2. The molecule has 4 N–H and O–H groups in total. The molecule has 7 heteroatoms. The molecule has 0 saturated carbocycles. The van der Waals surface area contributed by atoms with Crippen LogP contribution in [0.25, 0.3) is 0 Å². The van der Waals surface area contributed by atoms with Gasteiger partial charge in [0.15, 0.2) is 0 Å². The smallest absolute Gasteiger partial charge is 0.412 e. The van der Waals surface area contributed by atoms with Crippen LogP contribution in [0.4, 0.5) is 0 Å². The quantitative estimate of drug-likeness (QED) is 0.0753. The third kappa shape index (κ3) is 73.0. The molecule has 39 heavy (non-hydrogen) atoms. The van der Waals surface area contributed by atoms with E-state index in [0.29, 0.717) is 12.8 Å². The van der Waals surface area contributed by atoms with Gasteiger partial charge in [0.05, 0.1) is 0 Å². The zero-order valence-electron chi connectivity index (χ0n) is 27.2. The van der Waals surface area contributed by atoms with Crippen LogP contribution in [0, 0.1) is 0 Å². The van der Waals surface area contributed by atoms with Crippen molar-refractivity contribution in [3.05, 3.63) is 0 Å². The van der Waals surface area contributed by atoms with Crippen molar-refractivity contribution in [2.45, 2.75) is 188 Å². The third-order valence-electron chi connectivity index (χ3n) is 5.82. The Balaban J connectivity index is -0.000000131. The summed E-state index contributed by atoms with van der Waals surface area (Å²) in [6.07, 6.45) is 23.4. The summed E-state index contributed by atoms with van der Waals surface area (Å²) in [6.45, 7) is 13.5. The molecule has 0 aliphatic rings. The Morgan fingerprint density at radius 1 is 0.410 bits per heavy atom. The maximum atomic E-state index is 10.0. The van der Waals surface area contributed by atoms with E-state index in [-0.39, 0.29) is 47.8 Å². The number of rotatable bonds is 24. The van der Waals surface area contributed by atoms with E-state index >= 15 is 0 Å². The van der Waals surface area contributed by atoms with E-state index in [1.54, 1.807) is 17.7 Å². The Bertz CT molecular complexity index is 373. The molecule has 0 heterocycles. The van der Waals surface area contributed by atoms with Crippen LogP contribution in [-0.4, -0.2) is 69.9 Å². The zero-order chi connectivity index (χ0) is 29.5. The Morgan fingerprint density at radius 2 is 0.641 bits per heavy atom. The Morgan fingerprint density at radius 3 is 0.846 bits per heavy atom. The second-order valence-corrected chi connectivity index (χ2v) is 18.6. The summed E-state index contributed by atoms with van der Waals surface area (Å²) in [5.74, 6) is -1.34. The topological polar surface area (TPSA) is 106 Å². The Hall–Kier alpha value is 0.497. The molecule has 0 aromatic heterocycles. The van der Waals surface area contributed by atoms with Crippen LogP contribution in [0.1, 0.15) is 170 Å². The minimum absolute atomic E-state index is 0. The maximum Gasteiger partial charge on any atom is -0.412 e. The molecule has 0 fully saturated rings. The molecule has 5 nitrogen and oxygen atoms in total. The van der Waals surface area contributed by atoms with Crippen LogP contribution in [0.3, 0.4) is 0 Å². The summed E-state index contributed by atoms with van der Waals surface area (Å²) in [7, 11) is 0. The molecule has 236 valence electrons. The number of carboxylic acid groups (broad SMARTS) is 2. The molecule has 0 aromatic carbocycles. The first-order chi connectivity index (χ1) is 18.4. The molecule has 0 aliphatic carbocycles. The summed E-state index contributed by atoms with van der Waals surface area (Å²) in [5, 5.41) is 16.5. The molecule has 0 atom stereocenters.